The molecule has 1 aromatic carbocycles. The molecule has 1 amide bonds. The Morgan fingerprint density at radius 3 is 2.74 bits per heavy atom. The van der Waals surface area contributed by atoms with Gasteiger partial charge in [0.05, 0.1) is 5.69 Å². The molecule has 0 bridgehead atoms. The maximum absolute atomic E-state index is 11.1. The lowest BCUT2D eigenvalue weighted by molar-refractivity contribution is -0.120. The average molecular weight is 255 g/mol. The summed E-state index contributed by atoms with van der Waals surface area (Å²) in [5, 5.41) is 23.3. The first-order chi connectivity index (χ1) is 9.19. The van der Waals surface area contributed by atoms with Gasteiger partial charge in [-0.25, -0.2) is 0 Å². The molecule has 0 aromatic heterocycles. The molecule has 6 nitrogen and oxygen atoms in total. The highest BCUT2D eigenvalue weighted by atomic mass is 16.1. The number of benzene rings is 1. The second-order valence-corrected chi connectivity index (χ2v) is 3.67. The van der Waals surface area contributed by atoms with Crippen molar-refractivity contribution in [1.29, 1.82) is 10.5 Å². The second kappa shape index (κ2) is 7.46. The summed E-state index contributed by atoms with van der Waals surface area (Å²) in [6.07, 6.45) is 1.02. The summed E-state index contributed by atoms with van der Waals surface area (Å²) in [5.74, 6) is -0.0207. The van der Waals surface area contributed by atoms with Crippen LogP contribution in [0.3, 0.4) is 0 Å². The number of hydrogen-bond acceptors (Lipinski definition) is 5. The first-order valence-electron chi connectivity index (χ1n) is 5.63. The molecule has 0 spiro atoms. The summed E-state index contributed by atoms with van der Waals surface area (Å²) in [5.41, 5.74) is 4.03. The molecule has 0 saturated heterocycles. The van der Waals surface area contributed by atoms with Crippen LogP contribution in [-0.2, 0) is 11.2 Å². The Balaban J connectivity index is 2.68. The van der Waals surface area contributed by atoms with Crippen LogP contribution in [0.5, 0.6) is 0 Å². The maximum atomic E-state index is 11.1. The van der Waals surface area contributed by atoms with Crippen molar-refractivity contribution in [1.82, 2.24) is 5.32 Å². The molecule has 0 heterocycles. The third kappa shape index (κ3) is 4.88. The highest BCUT2D eigenvalue weighted by Crippen LogP contribution is 2.12. The Morgan fingerprint density at radius 1 is 1.37 bits per heavy atom. The normalized spacial score (nSPS) is 8.79. The summed E-state index contributed by atoms with van der Waals surface area (Å²) in [6, 6.07) is 10.6. The fourth-order valence-electron chi connectivity index (χ4n) is 1.37. The molecule has 0 aliphatic carbocycles. The molecule has 0 fully saturated rings. The van der Waals surface area contributed by atoms with E-state index in [9.17, 15) is 4.79 Å². The van der Waals surface area contributed by atoms with Crippen LogP contribution < -0.4 is 10.7 Å². The highest BCUT2D eigenvalue weighted by Gasteiger charge is 2.01. The van der Waals surface area contributed by atoms with Gasteiger partial charge in [0.1, 0.15) is 12.1 Å². The van der Waals surface area contributed by atoms with Crippen LogP contribution in [0.15, 0.2) is 29.4 Å². The zero-order chi connectivity index (χ0) is 14.1. The van der Waals surface area contributed by atoms with Gasteiger partial charge in [-0.15, -0.1) is 0 Å². The quantitative estimate of drug-likeness (QED) is 0.609. The lowest BCUT2D eigenvalue weighted by atomic mass is 10.1. The molecule has 0 aliphatic rings. The van der Waals surface area contributed by atoms with E-state index in [1.54, 1.807) is 25.3 Å². The number of nitriles is 2. The molecule has 0 atom stereocenters. The lowest BCUT2D eigenvalue weighted by Crippen LogP contribution is -2.17. The van der Waals surface area contributed by atoms with E-state index in [2.05, 4.69) is 15.8 Å². The molecular weight excluding hydrogens is 242 g/mol. The van der Waals surface area contributed by atoms with Gasteiger partial charge in [0, 0.05) is 13.5 Å². The SMILES string of the molecule is CNC(=O)CCc1cccc(NN=C(C#N)C#N)c1. The fraction of sp³-hybridized carbons (Fsp3) is 0.231. The van der Waals surface area contributed by atoms with E-state index in [0.717, 1.165) is 5.56 Å². The van der Waals surface area contributed by atoms with E-state index in [-0.39, 0.29) is 11.6 Å². The van der Waals surface area contributed by atoms with E-state index >= 15 is 0 Å². The van der Waals surface area contributed by atoms with Crippen molar-refractivity contribution in [3.05, 3.63) is 29.8 Å². The van der Waals surface area contributed by atoms with Gasteiger partial charge in [-0.05, 0) is 24.1 Å². The maximum Gasteiger partial charge on any atom is 0.237 e. The molecule has 0 unspecified atom stereocenters. The number of carbonyl (C=O) groups excluding carboxylic acids is 1. The van der Waals surface area contributed by atoms with Crippen LogP contribution >= 0.6 is 0 Å². The monoisotopic (exact) mass is 255 g/mol. The minimum atomic E-state index is -0.240. The predicted octanol–water partition coefficient (Wildman–Crippen LogP) is 1.18. The van der Waals surface area contributed by atoms with Gasteiger partial charge in [-0.3, -0.25) is 10.2 Å². The highest BCUT2D eigenvalue weighted by molar-refractivity contribution is 6.10. The third-order valence-corrected chi connectivity index (χ3v) is 2.36. The lowest BCUT2D eigenvalue weighted by Gasteiger charge is -2.04. The van der Waals surface area contributed by atoms with Crippen molar-refractivity contribution < 1.29 is 4.79 Å². The largest absolute Gasteiger partial charge is 0.359 e. The number of aryl methyl sites for hydroxylation is 1. The van der Waals surface area contributed by atoms with Crippen molar-refractivity contribution in [2.75, 3.05) is 12.5 Å². The Bertz CT molecular complexity index is 549. The molecule has 0 aliphatic heterocycles. The number of hydrogen-bond donors (Lipinski definition) is 2. The molecule has 0 saturated carbocycles. The van der Waals surface area contributed by atoms with Crippen molar-refractivity contribution in [3.63, 3.8) is 0 Å². The summed E-state index contributed by atoms with van der Waals surface area (Å²) in [7, 11) is 1.60. The zero-order valence-corrected chi connectivity index (χ0v) is 10.5. The number of hydrazone groups is 1. The zero-order valence-electron chi connectivity index (χ0n) is 10.5. The van der Waals surface area contributed by atoms with Crippen molar-refractivity contribution in [2.45, 2.75) is 12.8 Å². The average Bonchev–Trinajstić information content (AvgIpc) is 2.46. The smallest absolute Gasteiger partial charge is 0.237 e. The van der Waals surface area contributed by atoms with Crippen molar-refractivity contribution in [2.24, 2.45) is 5.10 Å². The Morgan fingerprint density at radius 2 is 2.11 bits per heavy atom. The van der Waals surface area contributed by atoms with E-state index in [1.165, 1.54) is 0 Å². The predicted molar refractivity (Wildman–Crippen MR) is 71.1 cm³/mol. The minimum absolute atomic E-state index is 0.0207. The number of anilines is 1. The minimum Gasteiger partial charge on any atom is -0.359 e. The first-order valence-corrected chi connectivity index (χ1v) is 5.63. The molecule has 2 N–H and O–H groups in total. The first kappa shape index (κ1) is 14.2. The van der Waals surface area contributed by atoms with Crippen molar-refractivity contribution >= 4 is 17.3 Å². The molecule has 6 heteroatoms. The van der Waals surface area contributed by atoms with Crippen LogP contribution in [0, 0.1) is 22.7 Å². The van der Waals surface area contributed by atoms with Gasteiger partial charge in [-0.2, -0.15) is 15.6 Å². The van der Waals surface area contributed by atoms with Crippen LogP contribution in [0.2, 0.25) is 0 Å². The summed E-state index contributed by atoms with van der Waals surface area (Å²) in [6.45, 7) is 0. The van der Waals surface area contributed by atoms with Gasteiger partial charge in [0.25, 0.3) is 0 Å². The van der Waals surface area contributed by atoms with Gasteiger partial charge in [0.15, 0.2) is 0 Å². The number of amides is 1. The van der Waals surface area contributed by atoms with Crippen LogP contribution in [-0.4, -0.2) is 18.7 Å². The van der Waals surface area contributed by atoms with E-state index < -0.39 is 0 Å². The fourth-order valence-corrected chi connectivity index (χ4v) is 1.37. The molecule has 19 heavy (non-hydrogen) atoms. The molecule has 0 radical (unpaired) electrons. The van der Waals surface area contributed by atoms with Crippen LogP contribution in [0.25, 0.3) is 0 Å². The number of carbonyl (C=O) groups is 1. The standard InChI is InChI=1S/C13H13N5O/c1-16-13(19)6-5-10-3-2-4-11(7-10)17-18-12(8-14)9-15/h2-4,7,17H,5-6H2,1H3,(H,16,19). The molecule has 1 rings (SSSR count). The topological polar surface area (TPSA) is 101 Å². The van der Waals surface area contributed by atoms with E-state index in [4.69, 9.17) is 10.5 Å². The summed E-state index contributed by atoms with van der Waals surface area (Å²) < 4.78 is 0. The van der Waals surface area contributed by atoms with Crippen LogP contribution in [0.4, 0.5) is 5.69 Å². The molecule has 1 aromatic rings. The summed E-state index contributed by atoms with van der Waals surface area (Å²) >= 11 is 0. The van der Waals surface area contributed by atoms with Crippen LogP contribution in [0.1, 0.15) is 12.0 Å². The number of rotatable bonds is 5. The van der Waals surface area contributed by atoms with Gasteiger partial charge < -0.3 is 5.32 Å². The second-order valence-electron chi connectivity index (χ2n) is 3.67. The van der Waals surface area contributed by atoms with Gasteiger partial charge >= 0.3 is 0 Å². The molecule has 96 valence electrons. The van der Waals surface area contributed by atoms with Crippen molar-refractivity contribution in [3.8, 4) is 12.1 Å². The Hall–Kier alpha value is -2.86. The molecular formula is C13H13N5O. The number of nitrogens with zero attached hydrogens (tertiary/aromatic N) is 3. The van der Waals surface area contributed by atoms with Gasteiger partial charge in [0.2, 0.25) is 11.6 Å². The van der Waals surface area contributed by atoms with Gasteiger partial charge in [-0.1, -0.05) is 12.1 Å². The van der Waals surface area contributed by atoms with E-state index in [0.29, 0.717) is 18.5 Å². The Kier molecular flexibility index (Phi) is 5.58. The number of nitrogens with one attached hydrogen (secondary N) is 2. The Labute approximate surface area is 111 Å². The van der Waals surface area contributed by atoms with E-state index in [1.807, 2.05) is 18.2 Å². The summed E-state index contributed by atoms with van der Waals surface area (Å²) in [4.78, 5) is 11.1. The third-order valence-electron chi connectivity index (χ3n) is 2.36.